The number of nitrogens with one attached hydrogen (secondary N) is 1. The van der Waals surface area contributed by atoms with Crippen molar-refractivity contribution in [1.29, 1.82) is 0 Å². The summed E-state index contributed by atoms with van der Waals surface area (Å²) >= 11 is 0. The summed E-state index contributed by atoms with van der Waals surface area (Å²) in [5.41, 5.74) is 1.67. The minimum absolute atomic E-state index is 0.0262. The molecular weight excluding hydrogens is 324 g/mol. The van der Waals surface area contributed by atoms with Gasteiger partial charge in [0.25, 0.3) is 0 Å². The molecule has 0 spiro atoms. The van der Waals surface area contributed by atoms with Gasteiger partial charge < -0.3 is 19.4 Å². The number of nitrogens with zero attached hydrogens (tertiary/aromatic N) is 3. The number of aryl methyl sites for hydroxylation is 1. The van der Waals surface area contributed by atoms with Crippen LogP contribution in [0.3, 0.4) is 0 Å². The lowest BCUT2D eigenvalue weighted by molar-refractivity contribution is -0.123. The highest BCUT2D eigenvalue weighted by atomic mass is 16.7. The normalized spacial score (nSPS) is 15.0. The van der Waals surface area contributed by atoms with Crippen molar-refractivity contribution >= 4 is 17.8 Å². The summed E-state index contributed by atoms with van der Waals surface area (Å²) in [6.45, 7) is 2.99. The van der Waals surface area contributed by atoms with E-state index < -0.39 is 0 Å². The number of anilines is 1. The van der Waals surface area contributed by atoms with Gasteiger partial charge in [0.15, 0.2) is 11.5 Å². The number of hydrogen-bond acceptors (Lipinski definition) is 5. The average Bonchev–Trinajstić information content (AvgIpc) is 3.24. The van der Waals surface area contributed by atoms with Crippen LogP contribution in [0.25, 0.3) is 11.3 Å². The molecular formula is C17H18N4O4. The largest absolute Gasteiger partial charge is 0.454 e. The summed E-state index contributed by atoms with van der Waals surface area (Å²) in [6.07, 6.45) is 2.78. The van der Waals surface area contributed by atoms with Gasteiger partial charge in [0.2, 0.25) is 24.6 Å². The van der Waals surface area contributed by atoms with Crippen LogP contribution in [0.1, 0.15) is 13.3 Å². The lowest BCUT2D eigenvalue weighted by Crippen LogP contribution is -2.43. The van der Waals surface area contributed by atoms with E-state index >= 15 is 0 Å². The van der Waals surface area contributed by atoms with E-state index in [-0.39, 0.29) is 25.2 Å². The first kappa shape index (κ1) is 15.5. The predicted octanol–water partition coefficient (Wildman–Crippen LogP) is 1.15. The van der Waals surface area contributed by atoms with Gasteiger partial charge >= 0.3 is 0 Å². The number of imidazole rings is 1. The highest BCUT2D eigenvalue weighted by Gasteiger charge is 2.26. The Hall–Kier alpha value is -3.03. The van der Waals surface area contributed by atoms with E-state index in [1.165, 1.54) is 6.92 Å². The van der Waals surface area contributed by atoms with Crippen LogP contribution in [0.4, 0.5) is 5.95 Å². The smallest absolute Gasteiger partial charge is 0.248 e. The van der Waals surface area contributed by atoms with Crippen LogP contribution in [0, 0.1) is 0 Å². The SMILES string of the molecule is CC(=O)NCC(=O)N1CCCn2cc(-c3ccc4c(c3)OCO4)nc21. The van der Waals surface area contributed by atoms with Crippen LogP contribution >= 0.6 is 0 Å². The molecule has 0 radical (unpaired) electrons. The van der Waals surface area contributed by atoms with Crippen molar-refractivity contribution in [3.63, 3.8) is 0 Å². The Kier molecular flexibility index (Phi) is 3.79. The van der Waals surface area contributed by atoms with E-state index in [4.69, 9.17) is 9.47 Å². The quantitative estimate of drug-likeness (QED) is 0.904. The Morgan fingerprint density at radius 3 is 2.92 bits per heavy atom. The van der Waals surface area contributed by atoms with Crippen LogP contribution in [0.2, 0.25) is 0 Å². The molecule has 0 bridgehead atoms. The van der Waals surface area contributed by atoms with Crippen molar-refractivity contribution in [2.45, 2.75) is 19.9 Å². The Morgan fingerprint density at radius 2 is 2.08 bits per heavy atom. The fourth-order valence-electron chi connectivity index (χ4n) is 3.01. The summed E-state index contributed by atoms with van der Waals surface area (Å²) in [5, 5.41) is 2.54. The number of rotatable bonds is 3. The van der Waals surface area contributed by atoms with Gasteiger partial charge in [-0.1, -0.05) is 0 Å². The second-order valence-corrected chi connectivity index (χ2v) is 6.00. The monoisotopic (exact) mass is 342 g/mol. The molecule has 1 aromatic carbocycles. The van der Waals surface area contributed by atoms with E-state index in [1.807, 2.05) is 29.0 Å². The molecule has 2 aliphatic heterocycles. The summed E-state index contributed by atoms with van der Waals surface area (Å²) < 4.78 is 12.7. The third kappa shape index (κ3) is 2.90. The summed E-state index contributed by atoms with van der Waals surface area (Å²) in [6, 6.07) is 5.67. The van der Waals surface area contributed by atoms with E-state index in [9.17, 15) is 9.59 Å². The lowest BCUT2D eigenvalue weighted by atomic mass is 10.1. The molecule has 0 unspecified atom stereocenters. The van der Waals surface area contributed by atoms with Crippen molar-refractivity contribution < 1.29 is 19.1 Å². The number of aromatic nitrogens is 2. The number of ether oxygens (including phenoxy) is 2. The maximum Gasteiger partial charge on any atom is 0.248 e. The highest BCUT2D eigenvalue weighted by Crippen LogP contribution is 2.36. The van der Waals surface area contributed by atoms with Crippen molar-refractivity contribution in [1.82, 2.24) is 14.9 Å². The van der Waals surface area contributed by atoms with Gasteiger partial charge in [0.05, 0.1) is 12.2 Å². The van der Waals surface area contributed by atoms with Crippen LogP contribution < -0.4 is 19.7 Å². The summed E-state index contributed by atoms with van der Waals surface area (Å²) in [7, 11) is 0. The van der Waals surface area contributed by atoms with E-state index in [1.54, 1.807) is 4.90 Å². The maximum atomic E-state index is 12.4. The average molecular weight is 342 g/mol. The topological polar surface area (TPSA) is 85.7 Å². The number of fused-ring (bicyclic) bond motifs is 2. The van der Waals surface area contributed by atoms with Gasteiger partial charge in [-0.2, -0.15) is 0 Å². The van der Waals surface area contributed by atoms with E-state index in [2.05, 4.69) is 10.3 Å². The van der Waals surface area contributed by atoms with Crippen molar-refractivity contribution in [3.05, 3.63) is 24.4 Å². The van der Waals surface area contributed by atoms with Crippen molar-refractivity contribution in [3.8, 4) is 22.8 Å². The van der Waals surface area contributed by atoms with Gasteiger partial charge in [0, 0.05) is 31.8 Å². The van der Waals surface area contributed by atoms with Gasteiger partial charge in [0.1, 0.15) is 0 Å². The molecule has 0 aliphatic carbocycles. The molecule has 25 heavy (non-hydrogen) atoms. The molecule has 8 heteroatoms. The molecule has 0 saturated carbocycles. The van der Waals surface area contributed by atoms with Crippen LogP contribution in [-0.2, 0) is 16.1 Å². The number of benzene rings is 1. The number of carbonyl (C=O) groups is 2. The third-order valence-electron chi connectivity index (χ3n) is 4.24. The second kappa shape index (κ2) is 6.12. The molecule has 4 rings (SSSR count). The van der Waals surface area contributed by atoms with E-state index in [0.717, 1.165) is 30.0 Å². The van der Waals surface area contributed by atoms with Gasteiger partial charge in [-0.3, -0.25) is 14.5 Å². The summed E-state index contributed by atoms with van der Waals surface area (Å²) in [5.74, 6) is 1.63. The zero-order valence-electron chi connectivity index (χ0n) is 13.8. The van der Waals surface area contributed by atoms with E-state index in [0.29, 0.717) is 18.2 Å². The molecule has 0 atom stereocenters. The second-order valence-electron chi connectivity index (χ2n) is 6.00. The minimum Gasteiger partial charge on any atom is -0.454 e. The molecule has 130 valence electrons. The molecule has 1 N–H and O–H groups in total. The zero-order valence-corrected chi connectivity index (χ0v) is 13.8. The van der Waals surface area contributed by atoms with Crippen LogP contribution in [-0.4, -0.2) is 41.2 Å². The third-order valence-corrected chi connectivity index (χ3v) is 4.24. The first-order chi connectivity index (χ1) is 12.1. The molecule has 1 aromatic heterocycles. The Balaban J connectivity index is 1.61. The number of amides is 2. The van der Waals surface area contributed by atoms with Crippen molar-refractivity contribution in [2.75, 3.05) is 24.8 Å². The Bertz CT molecular complexity index is 845. The fourth-order valence-corrected chi connectivity index (χ4v) is 3.01. The van der Waals surface area contributed by atoms with Crippen LogP contribution in [0.15, 0.2) is 24.4 Å². The number of hydrogen-bond donors (Lipinski definition) is 1. The summed E-state index contributed by atoms with van der Waals surface area (Å²) in [4.78, 5) is 29.7. The van der Waals surface area contributed by atoms with Crippen LogP contribution in [0.5, 0.6) is 11.5 Å². The number of carbonyl (C=O) groups excluding carboxylic acids is 2. The molecule has 0 saturated heterocycles. The molecule has 0 fully saturated rings. The lowest BCUT2D eigenvalue weighted by Gasteiger charge is -2.27. The Morgan fingerprint density at radius 1 is 1.24 bits per heavy atom. The maximum absolute atomic E-state index is 12.4. The predicted molar refractivity (Wildman–Crippen MR) is 89.4 cm³/mol. The first-order valence-electron chi connectivity index (χ1n) is 8.14. The molecule has 2 aromatic rings. The zero-order chi connectivity index (χ0) is 17.4. The van der Waals surface area contributed by atoms with Gasteiger partial charge in [-0.15, -0.1) is 0 Å². The minimum atomic E-state index is -0.227. The van der Waals surface area contributed by atoms with Gasteiger partial charge in [-0.05, 0) is 24.6 Å². The van der Waals surface area contributed by atoms with Gasteiger partial charge in [-0.25, -0.2) is 4.98 Å². The molecule has 3 heterocycles. The molecule has 2 amide bonds. The highest BCUT2D eigenvalue weighted by molar-refractivity contribution is 5.95. The fraction of sp³-hybridized carbons (Fsp3) is 0.353. The van der Waals surface area contributed by atoms with Crippen molar-refractivity contribution in [2.24, 2.45) is 0 Å². The first-order valence-corrected chi connectivity index (χ1v) is 8.14. The Labute approximate surface area is 144 Å². The molecule has 8 nitrogen and oxygen atoms in total. The standard InChI is InChI=1S/C17H18N4O4/c1-11(22)18-8-16(23)21-6-2-5-20-9-13(19-17(20)21)12-3-4-14-15(7-12)25-10-24-14/h3-4,7,9H,2,5-6,8,10H2,1H3,(H,18,22). The molecule has 2 aliphatic rings.